The van der Waals surface area contributed by atoms with E-state index in [1.165, 1.54) is 0 Å². The van der Waals surface area contributed by atoms with Gasteiger partial charge in [-0.25, -0.2) is 0 Å². The van der Waals surface area contributed by atoms with E-state index in [1.54, 1.807) is 18.3 Å². The smallest absolute Gasteiger partial charge is 0.187 e. The van der Waals surface area contributed by atoms with Gasteiger partial charge in [0.05, 0.1) is 22.9 Å². The van der Waals surface area contributed by atoms with Gasteiger partial charge in [-0.15, -0.1) is 0 Å². The molecule has 0 bridgehead atoms. The Hall–Kier alpha value is -1.82. The zero-order chi connectivity index (χ0) is 17.4. The van der Waals surface area contributed by atoms with Crippen molar-refractivity contribution < 1.29 is 4.74 Å². The number of halogens is 2. The van der Waals surface area contributed by atoms with Crippen LogP contribution in [0, 0.1) is 0 Å². The van der Waals surface area contributed by atoms with Crippen LogP contribution < -0.4 is 15.5 Å². The molecule has 0 aliphatic carbocycles. The summed E-state index contributed by atoms with van der Waals surface area (Å²) >= 11 is 17.5. The molecular formula is C17H17Cl2N3OS. The molecule has 24 heavy (non-hydrogen) atoms. The Morgan fingerprint density at radius 2 is 1.88 bits per heavy atom. The van der Waals surface area contributed by atoms with E-state index < -0.39 is 0 Å². The average Bonchev–Trinajstić information content (AvgIpc) is 2.57. The Morgan fingerprint density at radius 1 is 1.21 bits per heavy atom. The molecule has 2 N–H and O–H groups in total. The summed E-state index contributed by atoms with van der Waals surface area (Å²) in [6, 6.07) is 13.4. The number of hydrogen-bond donors (Lipinski definition) is 2. The summed E-state index contributed by atoms with van der Waals surface area (Å²) in [5.41, 5.74) is 4.63. The molecular weight excluding hydrogens is 365 g/mol. The highest BCUT2D eigenvalue weighted by atomic mass is 35.5. The molecule has 0 spiro atoms. The van der Waals surface area contributed by atoms with Crippen molar-refractivity contribution in [3.05, 3.63) is 63.6 Å². The lowest BCUT2D eigenvalue weighted by molar-refractivity contribution is 0.340. The predicted octanol–water partition coefficient (Wildman–Crippen LogP) is 4.39. The third-order valence-electron chi connectivity index (χ3n) is 2.98. The van der Waals surface area contributed by atoms with Crippen LogP contribution in [0.15, 0.2) is 47.6 Å². The fraction of sp³-hybridized carbons (Fsp3) is 0.176. The quantitative estimate of drug-likeness (QED) is 0.442. The second-order valence-corrected chi connectivity index (χ2v) is 6.01. The summed E-state index contributed by atoms with van der Waals surface area (Å²) in [5, 5.41) is 8.45. The van der Waals surface area contributed by atoms with Gasteiger partial charge in [-0.05, 0) is 42.4 Å². The summed E-state index contributed by atoms with van der Waals surface area (Å²) in [5.74, 6) is 0.478. The Kier molecular flexibility index (Phi) is 7.31. The van der Waals surface area contributed by atoms with Crippen molar-refractivity contribution in [2.45, 2.75) is 13.5 Å². The molecule has 0 aliphatic heterocycles. The molecule has 0 fully saturated rings. The second kappa shape index (κ2) is 9.47. The third-order valence-corrected chi connectivity index (χ3v) is 3.78. The highest BCUT2D eigenvalue weighted by molar-refractivity contribution is 7.80. The summed E-state index contributed by atoms with van der Waals surface area (Å²) in [7, 11) is 0. The third kappa shape index (κ3) is 5.67. The van der Waals surface area contributed by atoms with Crippen molar-refractivity contribution in [1.82, 2.24) is 10.7 Å². The van der Waals surface area contributed by atoms with Crippen LogP contribution in [0.5, 0.6) is 5.75 Å². The zero-order valence-electron chi connectivity index (χ0n) is 13.1. The molecule has 0 saturated heterocycles. The Morgan fingerprint density at radius 3 is 2.50 bits per heavy atom. The van der Waals surface area contributed by atoms with Crippen LogP contribution in [0.2, 0.25) is 10.0 Å². The number of thiocarbonyl (C=S) groups is 1. The van der Waals surface area contributed by atoms with Crippen molar-refractivity contribution in [2.24, 2.45) is 5.10 Å². The largest absolute Gasteiger partial charge is 0.491 e. The minimum absolute atomic E-state index is 0.429. The number of benzene rings is 2. The highest BCUT2D eigenvalue weighted by Gasteiger charge is 2.08. The molecule has 0 aromatic heterocycles. The van der Waals surface area contributed by atoms with Crippen LogP contribution in [0.25, 0.3) is 0 Å². The average molecular weight is 382 g/mol. The second-order valence-electron chi connectivity index (χ2n) is 4.78. The Bertz CT molecular complexity index is 700. The van der Waals surface area contributed by atoms with Crippen molar-refractivity contribution in [1.29, 1.82) is 0 Å². The maximum Gasteiger partial charge on any atom is 0.187 e. The van der Waals surface area contributed by atoms with Gasteiger partial charge in [-0.2, -0.15) is 5.10 Å². The van der Waals surface area contributed by atoms with Crippen LogP contribution >= 0.6 is 35.4 Å². The van der Waals surface area contributed by atoms with Gasteiger partial charge in [0.2, 0.25) is 0 Å². The maximum atomic E-state index is 6.14. The van der Waals surface area contributed by atoms with Crippen molar-refractivity contribution in [3.8, 4) is 5.75 Å². The zero-order valence-corrected chi connectivity index (χ0v) is 15.4. The molecule has 126 valence electrons. The first-order valence-corrected chi connectivity index (χ1v) is 8.49. The van der Waals surface area contributed by atoms with E-state index in [0.717, 1.165) is 11.1 Å². The van der Waals surface area contributed by atoms with Crippen LogP contribution in [0.3, 0.4) is 0 Å². The number of nitrogens with one attached hydrogen (secondary N) is 2. The Balaban J connectivity index is 1.88. The normalized spacial score (nSPS) is 10.6. The van der Waals surface area contributed by atoms with Gasteiger partial charge in [0, 0.05) is 6.54 Å². The van der Waals surface area contributed by atoms with E-state index in [2.05, 4.69) is 15.8 Å². The lowest BCUT2D eigenvalue weighted by Gasteiger charge is -2.09. The fourth-order valence-electron chi connectivity index (χ4n) is 1.92. The Labute approximate surface area is 156 Å². The minimum atomic E-state index is 0.429. The van der Waals surface area contributed by atoms with E-state index in [0.29, 0.717) is 34.1 Å². The minimum Gasteiger partial charge on any atom is -0.491 e. The molecule has 0 unspecified atom stereocenters. The first-order valence-electron chi connectivity index (χ1n) is 7.32. The van der Waals surface area contributed by atoms with E-state index in [-0.39, 0.29) is 0 Å². The molecule has 0 aliphatic rings. The predicted molar refractivity (Wildman–Crippen MR) is 104 cm³/mol. The number of hydrazone groups is 1. The monoisotopic (exact) mass is 381 g/mol. The van der Waals surface area contributed by atoms with Gasteiger partial charge in [0.15, 0.2) is 10.9 Å². The molecule has 0 heterocycles. The summed E-state index contributed by atoms with van der Waals surface area (Å²) in [4.78, 5) is 0. The van der Waals surface area contributed by atoms with Crippen LogP contribution in [0.1, 0.15) is 18.1 Å². The number of ether oxygens (including phenoxy) is 1. The van der Waals surface area contributed by atoms with E-state index in [4.69, 9.17) is 40.2 Å². The summed E-state index contributed by atoms with van der Waals surface area (Å²) in [6.07, 6.45) is 1.59. The van der Waals surface area contributed by atoms with Gasteiger partial charge >= 0.3 is 0 Å². The topological polar surface area (TPSA) is 45.6 Å². The number of hydrogen-bond acceptors (Lipinski definition) is 3. The van der Waals surface area contributed by atoms with Gasteiger partial charge in [0.1, 0.15) is 0 Å². The fourth-order valence-corrected chi connectivity index (χ4v) is 2.66. The van der Waals surface area contributed by atoms with E-state index in [9.17, 15) is 0 Å². The van der Waals surface area contributed by atoms with Crippen molar-refractivity contribution >= 4 is 46.7 Å². The van der Waals surface area contributed by atoms with Crippen molar-refractivity contribution in [2.75, 3.05) is 6.61 Å². The van der Waals surface area contributed by atoms with Crippen molar-refractivity contribution in [3.63, 3.8) is 0 Å². The standard InChI is InChI=1S/C17H17Cl2N3OS/c1-2-23-16-14(18)8-13(9-15(16)19)11-21-22-17(24)20-10-12-6-4-3-5-7-12/h3-9,11H,2,10H2,1H3,(H2,20,22,24)/b21-11-. The molecule has 0 atom stereocenters. The molecule has 0 saturated carbocycles. The lowest BCUT2D eigenvalue weighted by atomic mass is 10.2. The molecule has 2 rings (SSSR count). The van der Waals surface area contributed by atoms with Gasteiger partial charge in [0.25, 0.3) is 0 Å². The maximum absolute atomic E-state index is 6.14. The van der Waals surface area contributed by atoms with Crippen LogP contribution in [0.4, 0.5) is 0 Å². The molecule has 4 nitrogen and oxygen atoms in total. The van der Waals surface area contributed by atoms with E-state index in [1.807, 2.05) is 37.3 Å². The molecule has 0 amide bonds. The summed E-state index contributed by atoms with van der Waals surface area (Å²) in [6.45, 7) is 2.99. The number of nitrogens with zero attached hydrogens (tertiary/aromatic N) is 1. The van der Waals surface area contributed by atoms with Crippen LogP contribution in [-0.2, 0) is 6.54 Å². The summed E-state index contributed by atoms with van der Waals surface area (Å²) < 4.78 is 5.38. The van der Waals surface area contributed by atoms with Crippen LogP contribution in [-0.4, -0.2) is 17.9 Å². The highest BCUT2D eigenvalue weighted by Crippen LogP contribution is 2.33. The molecule has 7 heteroatoms. The lowest BCUT2D eigenvalue weighted by Crippen LogP contribution is -2.31. The molecule has 0 radical (unpaired) electrons. The molecule has 2 aromatic carbocycles. The van der Waals surface area contributed by atoms with Gasteiger partial charge in [-0.1, -0.05) is 53.5 Å². The van der Waals surface area contributed by atoms with E-state index >= 15 is 0 Å². The molecule has 2 aromatic rings. The number of rotatable bonds is 6. The SMILES string of the molecule is CCOc1c(Cl)cc(/C=N\NC(=S)NCc2ccccc2)cc1Cl. The van der Waals surface area contributed by atoms with Gasteiger partial charge < -0.3 is 10.1 Å². The van der Waals surface area contributed by atoms with Gasteiger partial charge in [-0.3, -0.25) is 5.43 Å². The first-order chi connectivity index (χ1) is 11.6. The first kappa shape index (κ1) is 18.5.